The molecule has 2 aromatic carbocycles. The van der Waals surface area contributed by atoms with Gasteiger partial charge in [-0.3, -0.25) is 4.79 Å². The van der Waals surface area contributed by atoms with Crippen molar-refractivity contribution in [3.8, 4) is 0 Å². The van der Waals surface area contributed by atoms with Gasteiger partial charge >= 0.3 is 0 Å². The van der Waals surface area contributed by atoms with E-state index in [2.05, 4.69) is 5.32 Å². The maximum absolute atomic E-state index is 12.3. The number of hydrogen-bond acceptors (Lipinski definition) is 3. The van der Waals surface area contributed by atoms with Crippen LogP contribution in [0.1, 0.15) is 15.9 Å². The van der Waals surface area contributed by atoms with E-state index in [1.165, 1.54) is 0 Å². The van der Waals surface area contributed by atoms with Gasteiger partial charge in [0.05, 0.1) is 11.3 Å². The molecule has 0 radical (unpaired) electrons. The number of rotatable bonds is 4. The van der Waals surface area contributed by atoms with Crippen LogP contribution in [0.25, 0.3) is 0 Å². The fraction of sp³-hybridized carbons (Fsp3) is 0.0714. The lowest BCUT2D eigenvalue weighted by atomic mass is 10.2. The van der Waals surface area contributed by atoms with E-state index < -0.39 is 10.0 Å². The summed E-state index contributed by atoms with van der Waals surface area (Å²) in [5.74, 6) is -0.606. The molecule has 0 bridgehead atoms. The molecule has 0 aliphatic rings. The van der Waals surface area contributed by atoms with Crippen LogP contribution in [0.4, 0.5) is 5.69 Å². The molecule has 5 nitrogen and oxygen atoms in total. The van der Waals surface area contributed by atoms with Crippen molar-refractivity contribution in [2.75, 3.05) is 5.32 Å². The van der Waals surface area contributed by atoms with Gasteiger partial charge in [-0.05, 0) is 58.5 Å². The Bertz CT molecular complexity index is 825. The number of nitrogens with two attached hydrogens (primary N) is 1. The smallest absolute Gasteiger partial charge is 0.256 e. The van der Waals surface area contributed by atoms with Gasteiger partial charge in [-0.1, -0.05) is 23.7 Å². The highest BCUT2D eigenvalue weighted by Crippen LogP contribution is 2.20. The maximum Gasteiger partial charge on any atom is 0.256 e. The van der Waals surface area contributed by atoms with Crippen LogP contribution < -0.4 is 10.5 Å². The van der Waals surface area contributed by atoms with Crippen molar-refractivity contribution in [3.05, 3.63) is 62.2 Å². The first-order valence-electron chi connectivity index (χ1n) is 6.10. The average molecular weight is 451 g/mol. The number of sulfonamides is 1. The molecular formula is C14H12ClIN2O3S. The second kappa shape index (κ2) is 6.95. The van der Waals surface area contributed by atoms with Crippen molar-refractivity contribution in [3.63, 3.8) is 0 Å². The van der Waals surface area contributed by atoms with Crippen LogP contribution in [0.3, 0.4) is 0 Å². The van der Waals surface area contributed by atoms with Crippen molar-refractivity contribution < 1.29 is 13.2 Å². The Hall–Kier alpha value is -1.16. The van der Waals surface area contributed by atoms with Crippen molar-refractivity contribution >= 4 is 55.8 Å². The minimum absolute atomic E-state index is 0.286. The molecule has 8 heteroatoms. The van der Waals surface area contributed by atoms with Gasteiger partial charge < -0.3 is 5.32 Å². The topological polar surface area (TPSA) is 89.3 Å². The number of benzene rings is 2. The summed E-state index contributed by atoms with van der Waals surface area (Å²) in [6, 6.07) is 11.5. The summed E-state index contributed by atoms with van der Waals surface area (Å²) >= 11 is 7.94. The summed E-state index contributed by atoms with van der Waals surface area (Å²) in [4.78, 5) is 12.3. The molecule has 22 heavy (non-hydrogen) atoms. The zero-order valence-corrected chi connectivity index (χ0v) is 14.9. The van der Waals surface area contributed by atoms with Gasteiger partial charge in [-0.25, -0.2) is 13.6 Å². The Labute approximate surface area is 147 Å². The second-order valence-corrected chi connectivity index (χ2v) is 7.80. The minimum atomic E-state index is -3.62. The Morgan fingerprint density at radius 2 is 1.95 bits per heavy atom. The third-order valence-electron chi connectivity index (χ3n) is 2.73. The van der Waals surface area contributed by atoms with Gasteiger partial charge in [0.1, 0.15) is 0 Å². The molecule has 0 saturated carbocycles. The van der Waals surface area contributed by atoms with E-state index in [1.807, 2.05) is 22.6 Å². The van der Waals surface area contributed by atoms with Crippen molar-refractivity contribution in [1.82, 2.24) is 0 Å². The molecule has 0 saturated heterocycles. The van der Waals surface area contributed by atoms with Crippen molar-refractivity contribution in [2.45, 2.75) is 5.75 Å². The van der Waals surface area contributed by atoms with Crippen LogP contribution in [-0.2, 0) is 15.8 Å². The lowest BCUT2D eigenvalue weighted by molar-refractivity contribution is 0.102. The quantitative estimate of drug-likeness (QED) is 0.702. The third-order valence-corrected chi connectivity index (χ3v) is 4.64. The molecule has 3 N–H and O–H groups in total. The summed E-state index contributed by atoms with van der Waals surface area (Å²) in [5.41, 5.74) is 1.44. The van der Waals surface area contributed by atoms with Crippen LogP contribution in [0, 0.1) is 3.57 Å². The van der Waals surface area contributed by atoms with Crippen LogP contribution in [0.5, 0.6) is 0 Å². The Morgan fingerprint density at radius 1 is 1.23 bits per heavy atom. The second-order valence-electron chi connectivity index (χ2n) is 4.59. The number of hydrogen-bond donors (Lipinski definition) is 2. The summed E-state index contributed by atoms with van der Waals surface area (Å²) in [6.07, 6.45) is 0. The van der Waals surface area contributed by atoms with E-state index in [9.17, 15) is 13.2 Å². The number of carbonyl (C=O) groups is 1. The molecule has 0 unspecified atom stereocenters. The summed E-state index contributed by atoms with van der Waals surface area (Å²) < 4.78 is 23.0. The van der Waals surface area contributed by atoms with E-state index in [0.29, 0.717) is 21.8 Å². The molecule has 0 heterocycles. The fourth-order valence-electron chi connectivity index (χ4n) is 1.84. The first kappa shape index (κ1) is 17.2. The maximum atomic E-state index is 12.3. The van der Waals surface area contributed by atoms with E-state index >= 15 is 0 Å². The summed E-state index contributed by atoms with van der Waals surface area (Å²) in [7, 11) is -3.62. The molecule has 0 aliphatic heterocycles. The van der Waals surface area contributed by atoms with E-state index in [-0.39, 0.29) is 11.7 Å². The number of carbonyl (C=O) groups excluding carboxylic acids is 1. The molecule has 0 aliphatic carbocycles. The molecule has 0 spiro atoms. The van der Waals surface area contributed by atoms with Crippen molar-refractivity contribution in [2.24, 2.45) is 5.14 Å². The number of primary sulfonamides is 1. The van der Waals surface area contributed by atoms with Gasteiger partial charge in [0.2, 0.25) is 10.0 Å². The Morgan fingerprint density at radius 3 is 2.64 bits per heavy atom. The standard InChI is InChI=1S/C14H12ClIN2O3S/c15-10-4-5-13(16)12(7-10)14(19)18-11-3-1-2-9(6-11)8-22(17,20)21/h1-7H,8H2,(H,18,19)(H2,17,20,21). The van der Waals surface area contributed by atoms with Crippen molar-refractivity contribution in [1.29, 1.82) is 0 Å². The highest BCUT2D eigenvalue weighted by atomic mass is 127. The predicted molar refractivity (Wildman–Crippen MR) is 95.4 cm³/mol. The minimum Gasteiger partial charge on any atom is -0.322 e. The number of nitrogens with one attached hydrogen (secondary N) is 1. The van der Waals surface area contributed by atoms with Crippen LogP contribution in [0.15, 0.2) is 42.5 Å². The van der Waals surface area contributed by atoms with E-state index in [1.54, 1.807) is 42.5 Å². The number of halogens is 2. The average Bonchev–Trinajstić information content (AvgIpc) is 2.40. The van der Waals surface area contributed by atoms with Gasteiger partial charge in [0.15, 0.2) is 0 Å². The molecule has 2 aromatic rings. The molecular weight excluding hydrogens is 439 g/mol. The predicted octanol–water partition coefficient (Wildman–Crippen LogP) is 2.99. The zero-order chi connectivity index (χ0) is 16.3. The van der Waals surface area contributed by atoms with E-state index in [0.717, 1.165) is 3.57 Å². The largest absolute Gasteiger partial charge is 0.322 e. The van der Waals surface area contributed by atoms with E-state index in [4.69, 9.17) is 16.7 Å². The number of anilines is 1. The molecule has 0 aromatic heterocycles. The highest BCUT2D eigenvalue weighted by molar-refractivity contribution is 14.1. The molecule has 1 amide bonds. The Kier molecular flexibility index (Phi) is 5.43. The molecule has 116 valence electrons. The van der Waals surface area contributed by atoms with Gasteiger partial charge in [0.25, 0.3) is 5.91 Å². The first-order chi connectivity index (χ1) is 10.2. The molecule has 0 fully saturated rings. The fourth-order valence-corrected chi connectivity index (χ4v) is 3.24. The monoisotopic (exact) mass is 450 g/mol. The molecule has 0 atom stereocenters. The van der Waals surface area contributed by atoms with Gasteiger partial charge in [-0.15, -0.1) is 0 Å². The number of amides is 1. The highest BCUT2D eigenvalue weighted by Gasteiger charge is 2.12. The van der Waals surface area contributed by atoms with Crippen LogP contribution in [-0.4, -0.2) is 14.3 Å². The SMILES string of the molecule is NS(=O)(=O)Cc1cccc(NC(=O)c2cc(Cl)ccc2I)c1. The summed E-state index contributed by atoms with van der Waals surface area (Å²) in [5, 5.41) is 8.20. The van der Waals surface area contributed by atoms with Crippen LogP contribution in [0.2, 0.25) is 5.02 Å². The Balaban J connectivity index is 2.22. The lowest BCUT2D eigenvalue weighted by Crippen LogP contribution is -2.16. The third kappa shape index (κ3) is 4.94. The zero-order valence-electron chi connectivity index (χ0n) is 11.2. The first-order valence-corrected chi connectivity index (χ1v) is 9.27. The molecule has 2 rings (SSSR count). The normalized spacial score (nSPS) is 11.2. The summed E-state index contributed by atoms with van der Waals surface area (Å²) in [6.45, 7) is 0. The van der Waals surface area contributed by atoms with Gasteiger partial charge in [0, 0.05) is 14.3 Å². The van der Waals surface area contributed by atoms with Gasteiger partial charge in [-0.2, -0.15) is 0 Å². The van der Waals surface area contributed by atoms with Crippen LogP contribution >= 0.6 is 34.2 Å². The lowest BCUT2D eigenvalue weighted by Gasteiger charge is -2.09.